The van der Waals surface area contributed by atoms with E-state index in [1.165, 1.54) is 18.9 Å². The van der Waals surface area contributed by atoms with E-state index in [-0.39, 0.29) is 23.6 Å². The SMILES string of the molecule is CC(=O)NC1=NN(C(C)=O)C2(S1)C(=O)N(CCOc1ccc(C)cc1)c1c(C)cccc12. The lowest BCUT2D eigenvalue weighted by molar-refractivity contribution is -0.139. The molecule has 2 aliphatic heterocycles. The zero-order chi connectivity index (χ0) is 23.0. The van der Waals surface area contributed by atoms with Gasteiger partial charge in [-0.15, -0.1) is 5.10 Å². The maximum atomic E-state index is 13.8. The van der Waals surface area contributed by atoms with Crippen LogP contribution < -0.4 is 15.0 Å². The molecule has 0 radical (unpaired) electrons. The first-order valence-electron chi connectivity index (χ1n) is 10.2. The van der Waals surface area contributed by atoms with Crippen molar-refractivity contribution in [1.29, 1.82) is 0 Å². The fraction of sp³-hybridized carbons (Fsp3) is 0.304. The van der Waals surface area contributed by atoms with Gasteiger partial charge in [-0.1, -0.05) is 35.9 Å². The van der Waals surface area contributed by atoms with Gasteiger partial charge in [0, 0.05) is 19.4 Å². The smallest absolute Gasteiger partial charge is 0.270 e. The van der Waals surface area contributed by atoms with E-state index in [1.54, 1.807) is 4.90 Å². The minimum atomic E-state index is -1.39. The number of rotatable bonds is 4. The predicted octanol–water partition coefficient (Wildman–Crippen LogP) is 2.88. The summed E-state index contributed by atoms with van der Waals surface area (Å²) in [6, 6.07) is 13.3. The number of hydrazone groups is 1. The van der Waals surface area contributed by atoms with Crippen LogP contribution in [-0.4, -0.2) is 41.0 Å². The van der Waals surface area contributed by atoms with Crippen LogP contribution in [0, 0.1) is 13.8 Å². The number of hydrogen-bond donors (Lipinski definition) is 1. The van der Waals surface area contributed by atoms with Crippen LogP contribution in [0.1, 0.15) is 30.5 Å². The number of fused-ring (bicyclic) bond motifs is 2. The fourth-order valence-corrected chi connectivity index (χ4v) is 5.28. The van der Waals surface area contributed by atoms with Crippen molar-refractivity contribution in [2.75, 3.05) is 18.1 Å². The summed E-state index contributed by atoms with van der Waals surface area (Å²) in [6.07, 6.45) is 0. The molecule has 32 heavy (non-hydrogen) atoms. The molecule has 166 valence electrons. The van der Waals surface area contributed by atoms with E-state index in [4.69, 9.17) is 4.74 Å². The minimum absolute atomic E-state index is 0.214. The van der Waals surface area contributed by atoms with E-state index in [2.05, 4.69) is 10.4 Å². The Morgan fingerprint density at radius 3 is 2.50 bits per heavy atom. The highest BCUT2D eigenvalue weighted by atomic mass is 32.2. The summed E-state index contributed by atoms with van der Waals surface area (Å²) in [5.41, 5.74) is 3.45. The normalized spacial score (nSPS) is 19.2. The van der Waals surface area contributed by atoms with Crippen LogP contribution in [-0.2, 0) is 19.3 Å². The molecule has 4 rings (SSSR count). The van der Waals surface area contributed by atoms with Crippen molar-refractivity contribution in [2.45, 2.75) is 32.6 Å². The van der Waals surface area contributed by atoms with Crippen LogP contribution in [0.3, 0.4) is 0 Å². The van der Waals surface area contributed by atoms with Crippen molar-refractivity contribution in [3.63, 3.8) is 0 Å². The molecule has 0 bridgehead atoms. The van der Waals surface area contributed by atoms with Crippen molar-refractivity contribution in [2.24, 2.45) is 5.10 Å². The third-order valence-electron chi connectivity index (χ3n) is 5.33. The van der Waals surface area contributed by atoms with Gasteiger partial charge in [-0.25, -0.2) is 0 Å². The lowest BCUT2D eigenvalue weighted by Gasteiger charge is -2.29. The quantitative estimate of drug-likeness (QED) is 0.770. The molecule has 2 aromatic rings. The molecule has 0 saturated heterocycles. The van der Waals surface area contributed by atoms with Gasteiger partial charge in [0.05, 0.1) is 12.2 Å². The Morgan fingerprint density at radius 1 is 1.12 bits per heavy atom. The van der Waals surface area contributed by atoms with Crippen LogP contribution in [0.2, 0.25) is 0 Å². The van der Waals surface area contributed by atoms with Gasteiger partial charge in [-0.2, -0.15) is 5.01 Å². The van der Waals surface area contributed by atoms with Gasteiger partial charge in [0.25, 0.3) is 5.91 Å². The summed E-state index contributed by atoms with van der Waals surface area (Å²) in [6.45, 7) is 7.22. The highest BCUT2D eigenvalue weighted by Crippen LogP contribution is 2.55. The second kappa shape index (κ2) is 8.31. The molecular weight excluding hydrogens is 428 g/mol. The molecule has 8 nitrogen and oxygen atoms in total. The average molecular weight is 453 g/mol. The number of amidine groups is 1. The number of para-hydroxylation sites is 1. The van der Waals surface area contributed by atoms with E-state index in [0.29, 0.717) is 12.1 Å². The predicted molar refractivity (Wildman–Crippen MR) is 123 cm³/mol. The monoisotopic (exact) mass is 452 g/mol. The van der Waals surface area contributed by atoms with Crippen LogP contribution in [0.4, 0.5) is 5.69 Å². The Kier molecular flexibility index (Phi) is 5.68. The summed E-state index contributed by atoms with van der Waals surface area (Å²) in [7, 11) is 0. The molecule has 1 N–H and O–H groups in total. The Bertz CT molecular complexity index is 1130. The van der Waals surface area contributed by atoms with Crippen molar-refractivity contribution < 1.29 is 19.1 Å². The number of anilines is 1. The standard InChI is InChI=1S/C23H24N4O4S/c1-14-8-10-18(11-9-14)31-13-12-26-20-15(2)6-5-7-19(20)23(21(26)30)27(17(4)29)25-22(32-23)24-16(3)28/h5-11H,12-13H2,1-4H3,(H,24,25,28). The number of nitrogens with zero attached hydrogens (tertiary/aromatic N) is 3. The molecule has 1 atom stereocenters. The number of nitrogens with one attached hydrogen (secondary N) is 1. The van der Waals surface area contributed by atoms with Crippen LogP contribution >= 0.6 is 11.8 Å². The zero-order valence-corrected chi connectivity index (χ0v) is 19.2. The maximum absolute atomic E-state index is 13.8. The van der Waals surface area contributed by atoms with Crippen molar-refractivity contribution in [3.05, 3.63) is 59.2 Å². The first kappa shape index (κ1) is 21.9. The van der Waals surface area contributed by atoms with Gasteiger partial charge in [-0.05, 0) is 43.3 Å². The summed E-state index contributed by atoms with van der Waals surface area (Å²) in [5.74, 6) is -0.288. The number of carbonyl (C=O) groups is 3. The molecule has 0 saturated carbocycles. The first-order chi connectivity index (χ1) is 15.2. The van der Waals surface area contributed by atoms with E-state index in [0.717, 1.165) is 34.3 Å². The zero-order valence-electron chi connectivity index (χ0n) is 18.3. The number of benzene rings is 2. The molecule has 0 fully saturated rings. The van der Waals surface area contributed by atoms with Crippen LogP contribution in [0.25, 0.3) is 0 Å². The molecule has 0 aromatic heterocycles. The molecule has 1 spiro atoms. The maximum Gasteiger partial charge on any atom is 0.270 e. The summed E-state index contributed by atoms with van der Waals surface area (Å²) < 4.78 is 5.86. The highest BCUT2D eigenvalue weighted by Gasteiger charge is 2.61. The lowest BCUT2D eigenvalue weighted by atomic mass is 10.0. The Hall–Kier alpha value is -3.33. The summed E-state index contributed by atoms with van der Waals surface area (Å²) in [5, 5.41) is 8.26. The number of amides is 3. The van der Waals surface area contributed by atoms with Gasteiger partial charge < -0.3 is 15.0 Å². The van der Waals surface area contributed by atoms with Crippen molar-refractivity contribution in [3.8, 4) is 5.75 Å². The van der Waals surface area contributed by atoms with Crippen molar-refractivity contribution >= 4 is 40.3 Å². The number of aryl methyl sites for hydroxylation is 2. The lowest BCUT2D eigenvalue weighted by Crippen LogP contribution is -2.49. The number of carbonyl (C=O) groups excluding carboxylic acids is 3. The molecule has 2 heterocycles. The number of ether oxygens (including phenoxy) is 1. The molecule has 0 aliphatic carbocycles. The Balaban J connectivity index is 1.66. The summed E-state index contributed by atoms with van der Waals surface area (Å²) in [4.78, 5) is 38.2. The third-order valence-corrected chi connectivity index (χ3v) is 6.57. The number of thioether (sulfide) groups is 1. The third kappa shape index (κ3) is 3.62. The highest BCUT2D eigenvalue weighted by molar-refractivity contribution is 8.15. The topological polar surface area (TPSA) is 91.3 Å². The van der Waals surface area contributed by atoms with E-state index in [1.807, 2.05) is 56.3 Å². The van der Waals surface area contributed by atoms with Crippen molar-refractivity contribution in [1.82, 2.24) is 10.3 Å². The van der Waals surface area contributed by atoms with Crippen LogP contribution in [0.15, 0.2) is 47.6 Å². The largest absolute Gasteiger partial charge is 0.492 e. The van der Waals surface area contributed by atoms with E-state index in [9.17, 15) is 14.4 Å². The minimum Gasteiger partial charge on any atom is -0.492 e. The van der Waals surface area contributed by atoms with Gasteiger partial charge in [0.1, 0.15) is 12.4 Å². The van der Waals surface area contributed by atoms with Gasteiger partial charge >= 0.3 is 0 Å². The molecular formula is C23H24N4O4S. The van der Waals surface area contributed by atoms with Gasteiger partial charge in [-0.3, -0.25) is 14.4 Å². The molecule has 3 amide bonds. The molecule has 1 unspecified atom stereocenters. The van der Waals surface area contributed by atoms with E-state index < -0.39 is 10.8 Å². The first-order valence-corrected chi connectivity index (χ1v) is 11.0. The van der Waals surface area contributed by atoms with Gasteiger partial charge in [0.15, 0.2) is 5.17 Å². The number of hydrogen-bond acceptors (Lipinski definition) is 6. The second-order valence-corrected chi connectivity index (χ2v) is 8.93. The molecule has 2 aromatic carbocycles. The fourth-order valence-electron chi connectivity index (χ4n) is 3.95. The average Bonchev–Trinajstić information content (AvgIpc) is 3.22. The Morgan fingerprint density at radius 2 is 1.84 bits per heavy atom. The summed E-state index contributed by atoms with van der Waals surface area (Å²) >= 11 is 1.07. The second-order valence-electron chi connectivity index (χ2n) is 7.75. The molecule has 9 heteroatoms. The molecule has 2 aliphatic rings. The Labute approximate surface area is 190 Å². The van der Waals surface area contributed by atoms with Gasteiger partial charge in [0.2, 0.25) is 16.7 Å². The van der Waals surface area contributed by atoms with Crippen LogP contribution in [0.5, 0.6) is 5.75 Å². The van der Waals surface area contributed by atoms with E-state index >= 15 is 0 Å².